The lowest BCUT2D eigenvalue weighted by Crippen LogP contribution is -2.27. The van der Waals surface area contributed by atoms with E-state index in [1.165, 1.54) is 0 Å². The van der Waals surface area contributed by atoms with Gasteiger partial charge in [0.2, 0.25) is 0 Å². The number of rotatable bonds is 9. The Morgan fingerprint density at radius 2 is 1.74 bits per heavy atom. The highest BCUT2D eigenvalue weighted by Crippen LogP contribution is 2.18. The number of amides is 1. The number of alkyl halides is 3. The van der Waals surface area contributed by atoms with Gasteiger partial charge in [0.05, 0.1) is 12.6 Å². The van der Waals surface area contributed by atoms with Crippen molar-refractivity contribution in [3.8, 4) is 0 Å². The lowest BCUT2D eigenvalue weighted by molar-refractivity contribution is -0.176. The topological polar surface area (TPSA) is 68.3 Å². The maximum atomic E-state index is 12.6. The van der Waals surface area contributed by atoms with Gasteiger partial charge in [0, 0.05) is 29.3 Å². The number of nitrogens with zero attached hydrogens (tertiary/aromatic N) is 1. The zero-order chi connectivity index (χ0) is 23.2. The molecule has 0 spiro atoms. The fourth-order valence-electron chi connectivity index (χ4n) is 2.89. The molecule has 2 rings (SSSR count). The number of pyridine rings is 1. The van der Waals surface area contributed by atoms with E-state index in [0.29, 0.717) is 16.8 Å². The fraction of sp³-hybridized carbons (Fsp3) is 0.435. The Hall–Kier alpha value is -2.74. The fourth-order valence-corrected chi connectivity index (χ4v) is 2.89. The molecule has 0 aliphatic carbocycles. The molecule has 1 unspecified atom stereocenters. The zero-order valence-corrected chi connectivity index (χ0v) is 18.0. The van der Waals surface area contributed by atoms with Crippen LogP contribution in [0.5, 0.6) is 0 Å². The highest BCUT2D eigenvalue weighted by molar-refractivity contribution is 5.94. The van der Waals surface area contributed by atoms with Gasteiger partial charge in [0.1, 0.15) is 12.4 Å². The monoisotopic (exact) mass is 436 g/mol. The van der Waals surface area contributed by atoms with E-state index in [2.05, 4.69) is 15.0 Å². The van der Waals surface area contributed by atoms with Crippen molar-refractivity contribution < 1.29 is 27.5 Å². The van der Waals surface area contributed by atoms with Crippen LogP contribution >= 0.6 is 0 Å². The van der Waals surface area contributed by atoms with E-state index < -0.39 is 12.8 Å². The molecule has 168 valence electrons. The number of hydrogen-bond donors (Lipinski definition) is 1. The van der Waals surface area contributed by atoms with Crippen molar-refractivity contribution in [2.24, 2.45) is 5.92 Å². The van der Waals surface area contributed by atoms with Crippen molar-refractivity contribution in [3.05, 3.63) is 64.5 Å². The van der Waals surface area contributed by atoms with Gasteiger partial charge < -0.3 is 10.1 Å². The van der Waals surface area contributed by atoms with Gasteiger partial charge in [0.15, 0.2) is 0 Å². The molecular formula is C23H27F3N2O3. The smallest absolute Gasteiger partial charge is 0.367 e. The number of ether oxygens (including phenoxy) is 1. The molecule has 1 atom stereocenters. The van der Waals surface area contributed by atoms with Crippen LogP contribution < -0.4 is 5.32 Å². The summed E-state index contributed by atoms with van der Waals surface area (Å²) in [4.78, 5) is 29.0. The molecule has 31 heavy (non-hydrogen) atoms. The summed E-state index contributed by atoms with van der Waals surface area (Å²) in [5.41, 5.74) is 3.18. The standard InChI is InChI=1S/C23H27F3N2O3/c1-14(2)21(29)11-20-10-19(9-15(3)27-20)16(4)28-22(30)18-7-5-17(6-8-18)12-31-13-23(24,25)26/h5-10,14,16H,11-13H2,1-4H3,(H,28,30). The van der Waals surface area contributed by atoms with E-state index in [1.807, 2.05) is 39.8 Å². The molecule has 2 aromatic rings. The van der Waals surface area contributed by atoms with E-state index in [-0.39, 0.29) is 36.7 Å². The molecule has 0 saturated carbocycles. The van der Waals surface area contributed by atoms with E-state index in [4.69, 9.17) is 0 Å². The van der Waals surface area contributed by atoms with Crippen LogP contribution in [0.25, 0.3) is 0 Å². The molecule has 1 amide bonds. The van der Waals surface area contributed by atoms with Gasteiger partial charge in [-0.15, -0.1) is 0 Å². The number of aromatic nitrogens is 1. The van der Waals surface area contributed by atoms with E-state index in [9.17, 15) is 22.8 Å². The summed E-state index contributed by atoms with van der Waals surface area (Å²) < 4.78 is 41.0. The van der Waals surface area contributed by atoms with Gasteiger partial charge >= 0.3 is 6.18 Å². The van der Waals surface area contributed by atoms with Crippen LogP contribution in [0.3, 0.4) is 0 Å². The highest BCUT2D eigenvalue weighted by atomic mass is 19.4. The Labute approximate surface area is 180 Å². The van der Waals surface area contributed by atoms with Crippen molar-refractivity contribution in [2.75, 3.05) is 6.61 Å². The average molecular weight is 436 g/mol. The summed E-state index contributed by atoms with van der Waals surface area (Å²) in [5.74, 6) is -0.297. The molecule has 0 fully saturated rings. The molecule has 0 saturated heterocycles. The van der Waals surface area contributed by atoms with E-state index in [1.54, 1.807) is 24.3 Å². The lowest BCUT2D eigenvalue weighted by atomic mass is 10.0. The quantitative estimate of drug-likeness (QED) is 0.617. The van der Waals surface area contributed by atoms with Crippen LogP contribution in [0.1, 0.15) is 59.7 Å². The summed E-state index contributed by atoms with van der Waals surface area (Å²) in [6.07, 6.45) is -4.13. The Kier molecular flexibility index (Phi) is 8.33. The van der Waals surface area contributed by atoms with Crippen molar-refractivity contribution in [1.82, 2.24) is 10.3 Å². The first-order valence-electron chi connectivity index (χ1n) is 9.99. The van der Waals surface area contributed by atoms with Crippen LogP contribution in [-0.2, 0) is 22.6 Å². The van der Waals surface area contributed by atoms with Gasteiger partial charge in [0.25, 0.3) is 5.91 Å². The number of Topliss-reactive ketones (excluding diaryl/α,β-unsaturated/α-hetero) is 1. The van der Waals surface area contributed by atoms with Gasteiger partial charge in [-0.05, 0) is 49.2 Å². The third kappa shape index (κ3) is 8.13. The van der Waals surface area contributed by atoms with Crippen molar-refractivity contribution in [1.29, 1.82) is 0 Å². The maximum absolute atomic E-state index is 12.6. The van der Waals surface area contributed by atoms with Crippen LogP contribution in [0, 0.1) is 12.8 Å². The van der Waals surface area contributed by atoms with Crippen molar-refractivity contribution in [3.63, 3.8) is 0 Å². The number of carbonyl (C=O) groups is 2. The summed E-state index contributed by atoms with van der Waals surface area (Å²) in [7, 11) is 0. The molecule has 0 bridgehead atoms. The van der Waals surface area contributed by atoms with E-state index >= 15 is 0 Å². The first-order valence-corrected chi connectivity index (χ1v) is 9.99. The highest BCUT2D eigenvalue weighted by Gasteiger charge is 2.27. The third-order valence-corrected chi connectivity index (χ3v) is 4.63. The minimum Gasteiger partial charge on any atom is -0.367 e. The Morgan fingerprint density at radius 3 is 2.32 bits per heavy atom. The summed E-state index contributed by atoms with van der Waals surface area (Å²) >= 11 is 0. The second-order valence-corrected chi connectivity index (χ2v) is 7.83. The maximum Gasteiger partial charge on any atom is 0.411 e. The summed E-state index contributed by atoms with van der Waals surface area (Å²) in [5, 5.41) is 2.89. The zero-order valence-electron chi connectivity index (χ0n) is 18.0. The van der Waals surface area contributed by atoms with Gasteiger partial charge in [-0.2, -0.15) is 13.2 Å². The predicted octanol–water partition coefficient (Wildman–Crippen LogP) is 4.73. The molecule has 1 N–H and O–H groups in total. The number of benzene rings is 1. The second kappa shape index (κ2) is 10.5. The Morgan fingerprint density at radius 1 is 1.10 bits per heavy atom. The largest absolute Gasteiger partial charge is 0.411 e. The third-order valence-electron chi connectivity index (χ3n) is 4.63. The molecule has 5 nitrogen and oxygen atoms in total. The molecule has 0 radical (unpaired) electrons. The molecular weight excluding hydrogens is 409 g/mol. The Balaban J connectivity index is 2.00. The molecule has 0 aliphatic rings. The molecule has 0 aliphatic heterocycles. The molecule has 1 heterocycles. The minimum atomic E-state index is -4.37. The second-order valence-electron chi connectivity index (χ2n) is 7.83. The lowest BCUT2D eigenvalue weighted by Gasteiger charge is -2.16. The van der Waals surface area contributed by atoms with Gasteiger partial charge in [-0.3, -0.25) is 14.6 Å². The molecule has 1 aromatic heterocycles. The first-order chi connectivity index (χ1) is 14.4. The number of aryl methyl sites for hydroxylation is 1. The molecule has 1 aromatic carbocycles. The number of hydrogen-bond acceptors (Lipinski definition) is 4. The Bertz CT molecular complexity index is 909. The summed E-state index contributed by atoms with van der Waals surface area (Å²) in [6.45, 7) is 5.85. The number of ketones is 1. The van der Waals surface area contributed by atoms with Crippen LogP contribution in [0.2, 0.25) is 0 Å². The first kappa shape index (κ1) is 24.5. The van der Waals surface area contributed by atoms with Crippen LogP contribution in [-0.4, -0.2) is 29.5 Å². The van der Waals surface area contributed by atoms with Crippen LogP contribution in [0.4, 0.5) is 13.2 Å². The SMILES string of the molecule is Cc1cc(C(C)NC(=O)c2ccc(COCC(F)(F)F)cc2)cc(CC(=O)C(C)C)n1. The van der Waals surface area contributed by atoms with Crippen molar-refractivity contribution >= 4 is 11.7 Å². The normalized spacial score (nSPS) is 12.6. The van der Waals surface area contributed by atoms with Gasteiger partial charge in [-0.25, -0.2) is 0 Å². The van der Waals surface area contributed by atoms with Crippen LogP contribution in [0.15, 0.2) is 36.4 Å². The van der Waals surface area contributed by atoms with E-state index in [0.717, 1.165) is 11.3 Å². The minimum absolute atomic E-state index is 0.0790. The molecule has 8 heteroatoms. The number of nitrogens with one attached hydrogen (secondary N) is 1. The summed E-state index contributed by atoms with van der Waals surface area (Å²) in [6, 6.07) is 9.55. The predicted molar refractivity (Wildman–Crippen MR) is 111 cm³/mol. The number of carbonyl (C=O) groups excluding carboxylic acids is 2. The van der Waals surface area contributed by atoms with Crippen molar-refractivity contribution in [2.45, 2.75) is 52.9 Å². The average Bonchev–Trinajstić information content (AvgIpc) is 2.66. The van der Waals surface area contributed by atoms with Gasteiger partial charge in [-0.1, -0.05) is 26.0 Å². The number of halogens is 3.